The van der Waals surface area contributed by atoms with E-state index in [4.69, 9.17) is 14.7 Å². The summed E-state index contributed by atoms with van der Waals surface area (Å²) in [7, 11) is 0. The molecule has 1 aliphatic heterocycles. The van der Waals surface area contributed by atoms with Gasteiger partial charge in [0.25, 0.3) is 0 Å². The van der Waals surface area contributed by atoms with E-state index in [9.17, 15) is 0 Å². The number of hydrogen-bond acceptors (Lipinski definition) is 5. The zero-order valence-corrected chi connectivity index (χ0v) is 13.9. The van der Waals surface area contributed by atoms with Crippen LogP contribution in [0.1, 0.15) is 6.92 Å². The quantitative estimate of drug-likeness (QED) is 0.589. The largest absolute Gasteiger partial charge is 0.377 e. The summed E-state index contributed by atoms with van der Waals surface area (Å²) < 4.78 is 5.58. The minimum absolute atomic E-state index is 0.277. The van der Waals surface area contributed by atoms with Crippen molar-refractivity contribution in [3.63, 3.8) is 0 Å². The number of rotatable bonds is 2. The van der Waals surface area contributed by atoms with Crippen LogP contribution in [0.2, 0.25) is 0 Å². The lowest BCUT2D eigenvalue weighted by Gasteiger charge is -2.34. The maximum absolute atomic E-state index is 5.58. The zero-order valence-electron chi connectivity index (χ0n) is 13.9. The van der Waals surface area contributed by atoms with Crippen molar-refractivity contribution >= 4 is 27.9 Å². The Hall–Kier alpha value is -2.93. The van der Waals surface area contributed by atoms with Crippen LogP contribution in [0.15, 0.2) is 36.8 Å². The third kappa shape index (κ3) is 2.27. The second-order valence-corrected chi connectivity index (χ2v) is 6.33. The summed E-state index contributed by atoms with van der Waals surface area (Å²) in [6, 6.07) is 6.29. The number of pyridine rings is 1. The fourth-order valence-corrected chi connectivity index (χ4v) is 3.46. The van der Waals surface area contributed by atoms with Crippen molar-refractivity contribution in [2.45, 2.75) is 13.0 Å². The van der Waals surface area contributed by atoms with E-state index in [0.29, 0.717) is 19.0 Å². The smallest absolute Gasteiger partial charge is 0.164 e. The third-order valence-electron chi connectivity index (χ3n) is 4.74. The Labute approximate surface area is 144 Å². The number of aromatic nitrogens is 5. The highest BCUT2D eigenvalue weighted by Crippen LogP contribution is 2.31. The molecule has 0 spiro atoms. The standard InChI is InChI=1S/C18H18N6O/c1-11-10-25-9-8-24(11)18-14-4-7-21-16(14)22-17(23-18)13-3-6-20-15-12(13)2-5-19-15/h2-7,11H,8-10H2,1H3,(H,19,20)(H,21,22,23)/t11-/m1/s1. The minimum Gasteiger partial charge on any atom is -0.377 e. The molecule has 7 nitrogen and oxygen atoms in total. The van der Waals surface area contributed by atoms with Crippen molar-refractivity contribution in [2.24, 2.45) is 0 Å². The van der Waals surface area contributed by atoms with Gasteiger partial charge in [-0.3, -0.25) is 0 Å². The second-order valence-electron chi connectivity index (χ2n) is 6.33. The molecule has 4 aromatic heterocycles. The van der Waals surface area contributed by atoms with Gasteiger partial charge < -0.3 is 19.6 Å². The summed E-state index contributed by atoms with van der Waals surface area (Å²) in [6.07, 6.45) is 5.59. The Morgan fingerprint density at radius 3 is 2.80 bits per heavy atom. The van der Waals surface area contributed by atoms with Gasteiger partial charge >= 0.3 is 0 Å². The number of anilines is 1. The Morgan fingerprint density at radius 1 is 1.08 bits per heavy atom. The highest BCUT2D eigenvalue weighted by Gasteiger charge is 2.24. The summed E-state index contributed by atoms with van der Waals surface area (Å²) in [5.74, 6) is 1.66. The maximum atomic E-state index is 5.58. The van der Waals surface area contributed by atoms with E-state index in [-0.39, 0.29) is 6.04 Å². The molecular weight excluding hydrogens is 316 g/mol. The van der Waals surface area contributed by atoms with Crippen LogP contribution in [-0.2, 0) is 4.74 Å². The number of nitrogens with one attached hydrogen (secondary N) is 2. The van der Waals surface area contributed by atoms with Crippen molar-refractivity contribution < 1.29 is 4.74 Å². The molecule has 5 rings (SSSR count). The molecule has 0 radical (unpaired) electrons. The van der Waals surface area contributed by atoms with E-state index in [1.54, 1.807) is 6.20 Å². The van der Waals surface area contributed by atoms with Crippen LogP contribution in [0, 0.1) is 0 Å². The number of ether oxygens (including phenoxy) is 1. The molecule has 5 heterocycles. The number of H-pyrrole nitrogens is 2. The van der Waals surface area contributed by atoms with E-state index < -0.39 is 0 Å². The van der Waals surface area contributed by atoms with Gasteiger partial charge in [-0.15, -0.1) is 0 Å². The number of nitrogens with zero attached hydrogens (tertiary/aromatic N) is 4. The molecule has 1 fully saturated rings. The molecule has 1 atom stereocenters. The lowest BCUT2D eigenvalue weighted by molar-refractivity contribution is 0.0987. The highest BCUT2D eigenvalue weighted by atomic mass is 16.5. The minimum atomic E-state index is 0.277. The van der Waals surface area contributed by atoms with Crippen molar-refractivity contribution in [1.82, 2.24) is 24.9 Å². The topological polar surface area (TPSA) is 82.7 Å². The zero-order chi connectivity index (χ0) is 16.8. The molecule has 0 aromatic carbocycles. The Balaban J connectivity index is 1.73. The molecule has 2 N–H and O–H groups in total. The number of hydrogen-bond donors (Lipinski definition) is 2. The summed E-state index contributed by atoms with van der Waals surface area (Å²) in [5.41, 5.74) is 2.66. The number of aromatic amines is 2. The van der Waals surface area contributed by atoms with Gasteiger partial charge in [-0.05, 0) is 25.1 Å². The summed E-state index contributed by atoms with van der Waals surface area (Å²) >= 11 is 0. The van der Waals surface area contributed by atoms with Gasteiger partial charge in [0, 0.05) is 36.1 Å². The van der Waals surface area contributed by atoms with Crippen molar-refractivity contribution in [2.75, 3.05) is 24.7 Å². The predicted octanol–water partition coefficient (Wildman–Crippen LogP) is 2.73. The average Bonchev–Trinajstić information content (AvgIpc) is 3.30. The summed E-state index contributed by atoms with van der Waals surface area (Å²) in [4.78, 5) is 22.7. The maximum Gasteiger partial charge on any atom is 0.164 e. The molecule has 0 bridgehead atoms. The van der Waals surface area contributed by atoms with E-state index in [1.807, 2.05) is 30.6 Å². The number of morpholine rings is 1. The molecule has 1 saturated heterocycles. The first-order valence-electron chi connectivity index (χ1n) is 8.43. The van der Waals surface area contributed by atoms with Crippen molar-refractivity contribution in [3.05, 3.63) is 36.8 Å². The van der Waals surface area contributed by atoms with Gasteiger partial charge in [-0.2, -0.15) is 0 Å². The molecular formula is C18H18N6O. The van der Waals surface area contributed by atoms with Crippen LogP contribution in [0.25, 0.3) is 33.5 Å². The summed E-state index contributed by atoms with van der Waals surface area (Å²) in [6.45, 7) is 4.42. The van der Waals surface area contributed by atoms with Gasteiger partial charge in [-0.1, -0.05) is 0 Å². The normalized spacial score (nSPS) is 18.3. The summed E-state index contributed by atoms with van der Waals surface area (Å²) in [5, 5.41) is 2.06. The van der Waals surface area contributed by atoms with Gasteiger partial charge in [0.2, 0.25) is 0 Å². The average molecular weight is 334 g/mol. The van der Waals surface area contributed by atoms with E-state index >= 15 is 0 Å². The van der Waals surface area contributed by atoms with Crippen LogP contribution in [0.5, 0.6) is 0 Å². The van der Waals surface area contributed by atoms with Gasteiger partial charge in [0.1, 0.15) is 17.1 Å². The first-order valence-corrected chi connectivity index (χ1v) is 8.43. The van der Waals surface area contributed by atoms with Crippen LogP contribution < -0.4 is 4.90 Å². The molecule has 0 aliphatic carbocycles. The predicted molar refractivity (Wildman–Crippen MR) is 96.6 cm³/mol. The van der Waals surface area contributed by atoms with Crippen LogP contribution >= 0.6 is 0 Å². The Bertz CT molecular complexity index is 1050. The molecule has 7 heteroatoms. The fraction of sp³-hybridized carbons (Fsp3) is 0.278. The molecule has 25 heavy (non-hydrogen) atoms. The van der Waals surface area contributed by atoms with E-state index in [1.165, 1.54) is 0 Å². The van der Waals surface area contributed by atoms with Gasteiger partial charge in [0.05, 0.1) is 24.6 Å². The lowest BCUT2D eigenvalue weighted by atomic mass is 10.1. The second kappa shape index (κ2) is 5.56. The first kappa shape index (κ1) is 14.4. The molecule has 126 valence electrons. The molecule has 0 amide bonds. The van der Waals surface area contributed by atoms with Crippen LogP contribution in [0.3, 0.4) is 0 Å². The first-order chi connectivity index (χ1) is 12.3. The van der Waals surface area contributed by atoms with Crippen LogP contribution in [0.4, 0.5) is 5.82 Å². The van der Waals surface area contributed by atoms with Gasteiger partial charge in [0.15, 0.2) is 5.82 Å². The molecule has 0 unspecified atom stereocenters. The molecule has 4 aromatic rings. The number of fused-ring (bicyclic) bond motifs is 2. The Morgan fingerprint density at radius 2 is 1.92 bits per heavy atom. The fourth-order valence-electron chi connectivity index (χ4n) is 3.46. The molecule has 1 aliphatic rings. The molecule has 0 saturated carbocycles. The van der Waals surface area contributed by atoms with E-state index in [0.717, 1.165) is 40.0 Å². The Kier molecular flexibility index (Phi) is 3.21. The monoisotopic (exact) mass is 334 g/mol. The van der Waals surface area contributed by atoms with Crippen molar-refractivity contribution in [3.8, 4) is 11.4 Å². The third-order valence-corrected chi connectivity index (χ3v) is 4.74. The lowest BCUT2D eigenvalue weighted by Crippen LogP contribution is -2.44. The van der Waals surface area contributed by atoms with E-state index in [2.05, 4.69) is 26.8 Å². The SMILES string of the molecule is C[C@@H]1COCCN1c1nc(-c2ccnc3[nH]ccc23)nc2[nH]ccc12. The van der Waals surface area contributed by atoms with Gasteiger partial charge in [-0.25, -0.2) is 15.0 Å². The highest BCUT2D eigenvalue weighted by molar-refractivity contribution is 5.94. The van der Waals surface area contributed by atoms with Crippen molar-refractivity contribution in [1.29, 1.82) is 0 Å². The van der Waals surface area contributed by atoms with Crippen LogP contribution in [-0.4, -0.2) is 50.7 Å².